The predicted octanol–water partition coefficient (Wildman–Crippen LogP) is 5.78. The van der Waals surface area contributed by atoms with Crippen LogP contribution in [-0.4, -0.2) is 52.5 Å². The highest BCUT2D eigenvalue weighted by Crippen LogP contribution is 2.48. The van der Waals surface area contributed by atoms with Gasteiger partial charge in [-0.3, -0.25) is 9.10 Å². The molecule has 0 unspecified atom stereocenters. The standard InChI is InChI=1S/C34H38BFN2O6S/c1-33(2)34(3,4)44-35(43-33)24-13-7-21(8-14-24)17-18-38(45(6,40)41)28-20-29-27(19-26(28)22-9-10-22)30(32(39)37-5)31(42-29)23-11-15-25(36)16-12-23/h7-8,11-16,19-20,22H,9-10,17-18H2,1-6H3,(H,37,39). The highest BCUT2D eigenvalue weighted by molar-refractivity contribution is 7.92. The minimum Gasteiger partial charge on any atom is -0.455 e. The number of furan rings is 1. The van der Waals surface area contributed by atoms with Gasteiger partial charge in [0, 0.05) is 30.6 Å². The Labute approximate surface area is 264 Å². The number of nitrogens with one attached hydrogen (secondary N) is 1. The van der Waals surface area contributed by atoms with Crippen LogP contribution in [0.5, 0.6) is 0 Å². The van der Waals surface area contributed by atoms with E-state index in [1.807, 2.05) is 58.0 Å². The van der Waals surface area contributed by atoms with Crippen LogP contribution in [0.2, 0.25) is 0 Å². The highest BCUT2D eigenvalue weighted by atomic mass is 32.2. The van der Waals surface area contributed by atoms with Crippen LogP contribution in [0, 0.1) is 5.82 Å². The van der Waals surface area contributed by atoms with Crippen molar-refractivity contribution in [2.45, 2.75) is 64.1 Å². The Morgan fingerprint density at radius 1 is 1.00 bits per heavy atom. The van der Waals surface area contributed by atoms with E-state index in [-0.39, 0.29) is 18.4 Å². The van der Waals surface area contributed by atoms with Crippen molar-refractivity contribution in [3.63, 3.8) is 0 Å². The maximum Gasteiger partial charge on any atom is 0.494 e. The Hall–Kier alpha value is -3.67. The zero-order valence-electron chi connectivity index (χ0n) is 26.4. The molecule has 11 heteroatoms. The first-order chi connectivity index (χ1) is 21.2. The molecule has 1 aromatic heterocycles. The molecular weight excluding hydrogens is 594 g/mol. The van der Waals surface area contributed by atoms with Gasteiger partial charge in [-0.05, 0) is 99.8 Å². The van der Waals surface area contributed by atoms with Crippen LogP contribution >= 0.6 is 0 Å². The van der Waals surface area contributed by atoms with Gasteiger partial charge in [0.05, 0.1) is 28.7 Å². The molecule has 8 nitrogen and oxygen atoms in total. The summed E-state index contributed by atoms with van der Waals surface area (Å²) >= 11 is 0. The summed E-state index contributed by atoms with van der Waals surface area (Å²) in [5.41, 5.74) is 3.66. The molecule has 4 aromatic rings. The van der Waals surface area contributed by atoms with Gasteiger partial charge in [0.15, 0.2) is 0 Å². The molecule has 0 radical (unpaired) electrons. The zero-order chi connectivity index (χ0) is 32.3. The topological polar surface area (TPSA) is 98.1 Å². The lowest BCUT2D eigenvalue weighted by molar-refractivity contribution is 0.00578. The van der Waals surface area contributed by atoms with E-state index in [1.165, 1.54) is 22.7 Å². The summed E-state index contributed by atoms with van der Waals surface area (Å²) in [6.45, 7) is 8.27. The van der Waals surface area contributed by atoms with Gasteiger partial charge in [-0.15, -0.1) is 0 Å². The first-order valence-corrected chi connectivity index (χ1v) is 17.0. The highest BCUT2D eigenvalue weighted by Gasteiger charge is 2.51. The third-order valence-electron chi connectivity index (χ3n) is 9.19. The average molecular weight is 633 g/mol. The van der Waals surface area contributed by atoms with Crippen LogP contribution in [0.1, 0.15) is 67.9 Å². The Bertz CT molecular complexity index is 1850. The van der Waals surface area contributed by atoms with E-state index in [9.17, 15) is 17.6 Å². The van der Waals surface area contributed by atoms with Gasteiger partial charge in [-0.25, -0.2) is 12.8 Å². The average Bonchev–Trinajstić information content (AvgIpc) is 3.71. The van der Waals surface area contributed by atoms with Crippen LogP contribution in [-0.2, 0) is 25.8 Å². The minimum absolute atomic E-state index is 0.176. The summed E-state index contributed by atoms with van der Waals surface area (Å²) < 4.78 is 60.3. The predicted molar refractivity (Wildman–Crippen MR) is 175 cm³/mol. The molecule has 6 rings (SSSR count). The quantitative estimate of drug-likeness (QED) is 0.235. The summed E-state index contributed by atoms with van der Waals surface area (Å²) in [7, 11) is -2.62. The van der Waals surface area contributed by atoms with E-state index >= 15 is 0 Å². The molecule has 1 amide bonds. The number of rotatable bonds is 9. The largest absolute Gasteiger partial charge is 0.494 e. The van der Waals surface area contributed by atoms with Crippen molar-refractivity contribution >= 4 is 45.2 Å². The summed E-state index contributed by atoms with van der Waals surface area (Å²) in [5.74, 6) is -0.265. The van der Waals surface area contributed by atoms with E-state index in [0.29, 0.717) is 40.0 Å². The summed E-state index contributed by atoms with van der Waals surface area (Å²) in [6.07, 6.45) is 3.53. The van der Waals surface area contributed by atoms with Gasteiger partial charge >= 0.3 is 7.12 Å². The van der Waals surface area contributed by atoms with E-state index in [1.54, 1.807) is 25.2 Å². The number of sulfonamides is 1. The molecule has 1 N–H and O–H groups in total. The molecule has 3 aromatic carbocycles. The normalized spacial score (nSPS) is 17.5. The smallest absolute Gasteiger partial charge is 0.455 e. The van der Waals surface area contributed by atoms with Crippen molar-refractivity contribution in [2.75, 3.05) is 24.2 Å². The van der Waals surface area contributed by atoms with Crippen LogP contribution < -0.4 is 15.1 Å². The summed E-state index contributed by atoms with van der Waals surface area (Å²) in [4.78, 5) is 13.1. The molecule has 2 heterocycles. The number of carbonyl (C=O) groups is 1. The fraction of sp³-hybridized carbons (Fsp3) is 0.382. The molecule has 0 atom stereocenters. The molecular formula is C34H38BFN2O6S. The monoisotopic (exact) mass is 632 g/mol. The van der Waals surface area contributed by atoms with Crippen LogP contribution in [0.3, 0.4) is 0 Å². The molecule has 1 aliphatic carbocycles. The van der Waals surface area contributed by atoms with Gasteiger partial charge < -0.3 is 19.0 Å². The van der Waals surface area contributed by atoms with Gasteiger partial charge in [0.25, 0.3) is 5.91 Å². The third-order valence-corrected chi connectivity index (χ3v) is 10.4. The summed E-state index contributed by atoms with van der Waals surface area (Å²) in [6, 6.07) is 17.2. The molecule has 2 aliphatic rings. The molecule has 0 bridgehead atoms. The van der Waals surface area contributed by atoms with Gasteiger partial charge in [-0.2, -0.15) is 0 Å². The second kappa shape index (κ2) is 11.3. The number of halogens is 1. The number of amides is 1. The number of hydrogen-bond acceptors (Lipinski definition) is 6. The lowest BCUT2D eigenvalue weighted by atomic mass is 9.79. The maximum absolute atomic E-state index is 13.7. The van der Waals surface area contributed by atoms with Gasteiger partial charge in [0.1, 0.15) is 17.2 Å². The molecule has 45 heavy (non-hydrogen) atoms. The lowest BCUT2D eigenvalue weighted by Gasteiger charge is -2.32. The number of nitrogens with zero attached hydrogens (tertiary/aromatic N) is 1. The van der Waals surface area contributed by atoms with Gasteiger partial charge in [-0.1, -0.05) is 24.3 Å². The first-order valence-electron chi connectivity index (χ1n) is 15.2. The molecule has 1 saturated heterocycles. The number of carbonyl (C=O) groups excluding carboxylic acids is 1. The Morgan fingerprint density at radius 3 is 2.18 bits per heavy atom. The van der Waals surface area contributed by atoms with E-state index in [2.05, 4.69) is 5.32 Å². The third kappa shape index (κ3) is 6.01. The molecule has 1 saturated carbocycles. The first kappa shape index (κ1) is 31.3. The van der Waals surface area contributed by atoms with Crippen LogP contribution in [0.15, 0.2) is 65.1 Å². The van der Waals surface area contributed by atoms with Crippen molar-refractivity contribution in [1.82, 2.24) is 5.32 Å². The van der Waals surface area contributed by atoms with Crippen molar-refractivity contribution in [3.8, 4) is 11.3 Å². The van der Waals surface area contributed by atoms with Crippen molar-refractivity contribution in [3.05, 3.63) is 83.2 Å². The van der Waals surface area contributed by atoms with E-state index in [4.69, 9.17) is 13.7 Å². The van der Waals surface area contributed by atoms with E-state index in [0.717, 1.165) is 29.4 Å². The maximum atomic E-state index is 13.7. The second-order valence-corrected chi connectivity index (χ2v) is 14.9. The van der Waals surface area contributed by atoms with Crippen molar-refractivity contribution < 1.29 is 31.3 Å². The van der Waals surface area contributed by atoms with E-state index < -0.39 is 34.2 Å². The Morgan fingerprint density at radius 2 is 1.62 bits per heavy atom. The van der Waals surface area contributed by atoms with Crippen molar-refractivity contribution in [1.29, 1.82) is 0 Å². The molecule has 2 fully saturated rings. The molecule has 236 valence electrons. The number of fused-ring (bicyclic) bond motifs is 1. The number of hydrogen-bond donors (Lipinski definition) is 1. The zero-order valence-corrected chi connectivity index (χ0v) is 27.3. The van der Waals surface area contributed by atoms with Crippen LogP contribution in [0.25, 0.3) is 22.3 Å². The van der Waals surface area contributed by atoms with Gasteiger partial charge in [0.2, 0.25) is 10.0 Å². The Balaban J connectivity index is 1.34. The molecule has 0 spiro atoms. The minimum atomic E-state index is -3.68. The number of anilines is 1. The lowest BCUT2D eigenvalue weighted by Crippen LogP contribution is -2.41. The van der Waals surface area contributed by atoms with Crippen molar-refractivity contribution in [2.24, 2.45) is 0 Å². The van der Waals surface area contributed by atoms with Crippen LogP contribution in [0.4, 0.5) is 10.1 Å². The summed E-state index contributed by atoms with van der Waals surface area (Å²) in [5, 5.41) is 3.27. The fourth-order valence-corrected chi connectivity index (χ4v) is 6.70. The fourth-order valence-electron chi connectivity index (χ4n) is 5.76. The Kier molecular flexibility index (Phi) is 7.86. The SMILES string of the molecule is CNC(=O)c1c(-c2ccc(F)cc2)oc2cc(N(CCc3ccc(B4OC(C)(C)C(C)(C)O4)cc3)S(C)(=O)=O)c(C3CC3)cc12. The molecule has 1 aliphatic heterocycles. The second-order valence-electron chi connectivity index (χ2n) is 13.0. The number of benzene rings is 3.